The molecule has 0 aliphatic heterocycles. The van der Waals surface area contributed by atoms with Crippen LogP contribution in [0.4, 0.5) is 5.69 Å². The molecule has 0 bridgehead atoms. The number of carbonyl (C=O) groups excluding carboxylic acids is 2. The van der Waals surface area contributed by atoms with E-state index in [0.29, 0.717) is 33.7 Å². The highest BCUT2D eigenvalue weighted by molar-refractivity contribution is 9.10. The van der Waals surface area contributed by atoms with Gasteiger partial charge in [-0.05, 0) is 85.1 Å². The smallest absolute Gasteiger partial charge is 0.271 e. The van der Waals surface area contributed by atoms with Gasteiger partial charge in [-0.1, -0.05) is 35.4 Å². The van der Waals surface area contributed by atoms with Crippen LogP contribution < -0.4 is 20.2 Å². The third-order valence-corrected chi connectivity index (χ3v) is 5.62. The van der Waals surface area contributed by atoms with Crippen LogP contribution in [-0.2, 0) is 4.79 Å². The second kappa shape index (κ2) is 12.2. The molecule has 0 radical (unpaired) electrons. The Bertz CT molecular complexity index is 1240. The van der Waals surface area contributed by atoms with Crippen molar-refractivity contribution in [2.45, 2.75) is 27.7 Å². The van der Waals surface area contributed by atoms with Crippen molar-refractivity contribution in [1.82, 2.24) is 5.43 Å². The normalized spacial score (nSPS) is 10.8. The summed E-state index contributed by atoms with van der Waals surface area (Å²) < 4.78 is 12.1. The summed E-state index contributed by atoms with van der Waals surface area (Å²) in [6, 6.07) is 16.5. The number of ether oxygens (including phenoxy) is 2. The minimum Gasteiger partial charge on any atom is -0.490 e. The molecule has 35 heavy (non-hydrogen) atoms. The number of halogens is 1. The molecular weight excluding hydrogens is 510 g/mol. The third-order valence-electron chi connectivity index (χ3n) is 5.03. The zero-order valence-corrected chi connectivity index (χ0v) is 21.7. The molecule has 0 atom stereocenters. The Morgan fingerprint density at radius 1 is 0.971 bits per heavy atom. The van der Waals surface area contributed by atoms with Crippen LogP contribution >= 0.6 is 15.9 Å². The standard InChI is InChI=1S/C27H28BrN3O4/c1-5-34-24-14-20(15-29-31-27(33)21-9-6-17(2)7-10-21)13-22(28)26(24)35-16-25(32)30-23-11-8-18(3)12-19(23)4/h6-15H,5,16H2,1-4H3,(H,30,32)(H,31,33)/b29-15+. The van der Waals surface area contributed by atoms with E-state index in [9.17, 15) is 9.59 Å². The van der Waals surface area contributed by atoms with Gasteiger partial charge in [-0.25, -0.2) is 5.43 Å². The molecule has 0 unspecified atom stereocenters. The summed E-state index contributed by atoms with van der Waals surface area (Å²) in [5.41, 5.74) is 7.63. The number of rotatable bonds is 9. The lowest BCUT2D eigenvalue weighted by Crippen LogP contribution is -2.21. The van der Waals surface area contributed by atoms with Crippen LogP contribution in [0.15, 0.2) is 64.2 Å². The fourth-order valence-corrected chi connectivity index (χ4v) is 3.85. The van der Waals surface area contributed by atoms with Crippen molar-refractivity contribution < 1.29 is 19.1 Å². The van der Waals surface area contributed by atoms with Crippen molar-refractivity contribution >= 4 is 39.6 Å². The fraction of sp³-hybridized carbons (Fsp3) is 0.222. The number of aryl methyl sites for hydroxylation is 3. The predicted molar refractivity (Wildman–Crippen MR) is 142 cm³/mol. The lowest BCUT2D eigenvalue weighted by molar-refractivity contribution is -0.118. The Hall–Kier alpha value is -3.65. The molecule has 0 aliphatic carbocycles. The second-order valence-electron chi connectivity index (χ2n) is 7.98. The van der Waals surface area contributed by atoms with Gasteiger partial charge in [-0.2, -0.15) is 5.10 Å². The Morgan fingerprint density at radius 2 is 1.69 bits per heavy atom. The SMILES string of the molecule is CCOc1cc(/C=N/NC(=O)c2ccc(C)cc2)cc(Br)c1OCC(=O)Nc1ccc(C)cc1C. The van der Waals surface area contributed by atoms with Crippen molar-refractivity contribution in [2.75, 3.05) is 18.5 Å². The van der Waals surface area contributed by atoms with Crippen LogP contribution in [0.3, 0.4) is 0 Å². The predicted octanol–water partition coefficient (Wildman–Crippen LogP) is 5.55. The first kappa shape index (κ1) is 26.0. The van der Waals surface area contributed by atoms with Gasteiger partial charge >= 0.3 is 0 Å². The van der Waals surface area contributed by atoms with Crippen molar-refractivity contribution in [1.29, 1.82) is 0 Å². The first-order valence-corrected chi connectivity index (χ1v) is 11.9. The number of hydrazone groups is 1. The number of hydrogen-bond acceptors (Lipinski definition) is 5. The first-order chi connectivity index (χ1) is 16.8. The van der Waals surface area contributed by atoms with Crippen LogP contribution in [0.2, 0.25) is 0 Å². The topological polar surface area (TPSA) is 89.0 Å². The number of nitrogens with one attached hydrogen (secondary N) is 2. The Kier molecular flexibility index (Phi) is 9.03. The van der Waals surface area contributed by atoms with Crippen LogP contribution in [-0.4, -0.2) is 31.2 Å². The molecule has 0 fully saturated rings. The van der Waals surface area contributed by atoms with Crippen molar-refractivity contribution in [3.05, 3.63) is 86.9 Å². The molecule has 2 N–H and O–H groups in total. The molecule has 0 aliphatic rings. The zero-order chi connectivity index (χ0) is 25.4. The molecule has 182 valence electrons. The Morgan fingerprint density at radius 3 is 2.37 bits per heavy atom. The summed E-state index contributed by atoms with van der Waals surface area (Å²) in [5, 5.41) is 6.91. The molecule has 3 aromatic carbocycles. The molecule has 0 spiro atoms. The first-order valence-electron chi connectivity index (χ1n) is 11.1. The third kappa shape index (κ3) is 7.42. The van der Waals surface area contributed by atoms with E-state index in [4.69, 9.17) is 9.47 Å². The van der Waals surface area contributed by atoms with E-state index in [2.05, 4.69) is 31.8 Å². The van der Waals surface area contributed by atoms with Gasteiger partial charge in [-0.15, -0.1) is 0 Å². The molecule has 0 saturated carbocycles. The van der Waals surface area contributed by atoms with E-state index in [0.717, 1.165) is 22.4 Å². The highest BCUT2D eigenvalue weighted by atomic mass is 79.9. The fourth-order valence-electron chi connectivity index (χ4n) is 3.28. The van der Waals surface area contributed by atoms with Crippen LogP contribution in [0.5, 0.6) is 11.5 Å². The van der Waals surface area contributed by atoms with Crippen molar-refractivity contribution in [2.24, 2.45) is 5.10 Å². The van der Waals surface area contributed by atoms with Gasteiger partial charge in [0.25, 0.3) is 11.8 Å². The highest BCUT2D eigenvalue weighted by Crippen LogP contribution is 2.36. The Labute approximate surface area is 213 Å². The van der Waals surface area contributed by atoms with Crippen molar-refractivity contribution in [3.63, 3.8) is 0 Å². The molecule has 3 rings (SSSR count). The van der Waals surface area contributed by atoms with Gasteiger partial charge in [0.15, 0.2) is 18.1 Å². The minimum atomic E-state index is -0.305. The van der Waals surface area contributed by atoms with Gasteiger partial charge in [0.2, 0.25) is 0 Å². The van der Waals surface area contributed by atoms with Gasteiger partial charge < -0.3 is 14.8 Å². The summed E-state index contributed by atoms with van der Waals surface area (Å²) in [6.07, 6.45) is 1.51. The molecular formula is C27H28BrN3O4. The number of benzene rings is 3. The van der Waals surface area contributed by atoms with Gasteiger partial charge in [0, 0.05) is 11.3 Å². The van der Waals surface area contributed by atoms with E-state index in [1.54, 1.807) is 24.3 Å². The lowest BCUT2D eigenvalue weighted by Gasteiger charge is -2.15. The van der Waals surface area contributed by atoms with Crippen LogP contribution in [0, 0.1) is 20.8 Å². The van der Waals surface area contributed by atoms with Gasteiger partial charge in [-0.3, -0.25) is 9.59 Å². The highest BCUT2D eigenvalue weighted by Gasteiger charge is 2.14. The van der Waals surface area contributed by atoms with Crippen molar-refractivity contribution in [3.8, 4) is 11.5 Å². The number of carbonyl (C=O) groups is 2. The van der Waals surface area contributed by atoms with Gasteiger partial charge in [0.1, 0.15) is 0 Å². The molecule has 8 heteroatoms. The maximum absolute atomic E-state index is 12.5. The second-order valence-corrected chi connectivity index (χ2v) is 8.84. The largest absolute Gasteiger partial charge is 0.490 e. The van der Waals surface area contributed by atoms with E-state index in [1.807, 2.05) is 58.0 Å². The zero-order valence-electron chi connectivity index (χ0n) is 20.1. The lowest BCUT2D eigenvalue weighted by atomic mass is 10.1. The molecule has 3 aromatic rings. The van der Waals surface area contributed by atoms with Gasteiger partial charge in [0.05, 0.1) is 17.3 Å². The van der Waals surface area contributed by atoms with E-state index in [1.165, 1.54) is 6.21 Å². The summed E-state index contributed by atoms with van der Waals surface area (Å²) in [4.78, 5) is 24.7. The Balaban J connectivity index is 1.66. The maximum Gasteiger partial charge on any atom is 0.271 e. The summed E-state index contributed by atoms with van der Waals surface area (Å²) >= 11 is 3.48. The molecule has 7 nitrogen and oxygen atoms in total. The number of anilines is 1. The average Bonchev–Trinajstić information content (AvgIpc) is 2.81. The van der Waals surface area contributed by atoms with E-state index >= 15 is 0 Å². The molecule has 0 saturated heterocycles. The van der Waals surface area contributed by atoms with Crippen LogP contribution in [0.1, 0.15) is 39.5 Å². The number of amides is 2. The number of nitrogens with zero attached hydrogens (tertiary/aromatic N) is 1. The molecule has 0 heterocycles. The maximum atomic E-state index is 12.5. The van der Waals surface area contributed by atoms with Crippen LogP contribution in [0.25, 0.3) is 0 Å². The summed E-state index contributed by atoms with van der Waals surface area (Å²) in [7, 11) is 0. The van der Waals surface area contributed by atoms with E-state index < -0.39 is 0 Å². The summed E-state index contributed by atoms with van der Waals surface area (Å²) in [5.74, 6) is 0.270. The molecule has 0 aromatic heterocycles. The monoisotopic (exact) mass is 537 g/mol. The quantitative estimate of drug-likeness (QED) is 0.276. The minimum absolute atomic E-state index is 0.188. The van der Waals surface area contributed by atoms with E-state index in [-0.39, 0.29) is 18.4 Å². The average molecular weight is 538 g/mol. The molecule has 2 amide bonds. The summed E-state index contributed by atoms with van der Waals surface area (Å²) in [6.45, 7) is 7.97. The number of hydrogen-bond donors (Lipinski definition) is 2.